The van der Waals surface area contributed by atoms with Crippen LogP contribution in [0.15, 0.2) is 30.6 Å². The average molecular weight is 282 g/mol. The number of aryl methyl sites for hydroxylation is 1. The first kappa shape index (κ1) is 12.9. The van der Waals surface area contributed by atoms with Crippen molar-refractivity contribution in [3.63, 3.8) is 0 Å². The molecule has 0 aliphatic heterocycles. The third-order valence-electron chi connectivity index (χ3n) is 2.37. The molecular weight excluding hydrogens is 270 g/mol. The Morgan fingerprint density at radius 3 is 2.94 bits per heavy atom. The van der Waals surface area contributed by atoms with E-state index in [0.717, 1.165) is 5.56 Å². The number of halogens is 1. The molecule has 2 aromatic rings. The summed E-state index contributed by atoms with van der Waals surface area (Å²) in [5.74, 6) is 0.582. The molecule has 0 radical (unpaired) electrons. The zero-order valence-electron chi connectivity index (χ0n) is 9.76. The maximum absolute atomic E-state index is 6.05. The van der Waals surface area contributed by atoms with Crippen molar-refractivity contribution in [3.05, 3.63) is 46.7 Å². The van der Waals surface area contributed by atoms with E-state index in [1.54, 1.807) is 29.1 Å². The van der Waals surface area contributed by atoms with Crippen molar-refractivity contribution < 1.29 is 4.74 Å². The van der Waals surface area contributed by atoms with Gasteiger partial charge in [-0.05, 0) is 12.1 Å². The standard InChI is InChI=1S/C12H12ClN3OS/c1-16-6-8(5-15-16)7-17-10-4-2-3-9(13)11(10)12(14)18/h2-6H,7H2,1H3,(H2,14,18). The minimum Gasteiger partial charge on any atom is -0.488 e. The van der Waals surface area contributed by atoms with Crippen LogP contribution >= 0.6 is 23.8 Å². The van der Waals surface area contributed by atoms with Gasteiger partial charge in [0, 0.05) is 18.8 Å². The molecule has 2 rings (SSSR count). The molecule has 94 valence electrons. The van der Waals surface area contributed by atoms with Crippen molar-refractivity contribution in [2.75, 3.05) is 0 Å². The fourth-order valence-corrected chi connectivity index (χ4v) is 2.11. The molecule has 0 bridgehead atoms. The number of rotatable bonds is 4. The molecule has 0 saturated heterocycles. The topological polar surface area (TPSA) is 53.1 Å². The zero-order valence-corrected chi connectivity index (χ0v) is 11.3. The van der Waals surface area contributed by atoms with Gasteiger partial charge in [-0.3, -0.25) is 4.68 Å². The molecule has 18 heavy (non-hydrogen) atoms. The lowest BCUT2D eigenvalue weighted by atomic mass is 10.2. The Morgan fingerprint density at radius 2 is 2.33 bits per heavy atom. The molecule has 0 saturated carbocycles. The van der Waals surface area contributed by atoms with Gasteiger partial charge < -0.3 is 10.5 Å². The van der Waals surface area contributed by atoms with Gasteiger partial charge in [0.05, 0.1) is 16.8 Å². The highest BCUT2D eigenvalue weighted by molar-refractivity contribution is 7.80. The van der Waals surface area contributed by atoms with Crippen molar-refractivity contribution in [1.82, 2.24) is 9.78 Å². The Balaban J connectivity index is 2.19. The Bertz CT molecular complexity index is 582. The lowest BCUT2D eigenvalue weighted by molar-refractivity contribution is 0.305. The number of benzene rings is 1. The Kier molecular flexibility index (Phi) is 3.84. The molecule has 0 spiro atoms. The number of nitrogens with zero attached hydrogens (tertiary/aromatic N) is 2. The fourth-order valence-electron chi connectivity index (χ4n) is 1.57. The van der Waals surface area contributed by atoms with Crippen LogP contribution in [-0.4, -0.2) is 14.8 Å². The van der Waals surface area contributed by atoms with Crippen LogP contribution in [-0.2, 0) is 13.7 Å². The third kappa shape index (κ3) is 2.80. The van der Waals surface area contributed by atoms with Crippen molar-refractivity contribution in [1.29, 1.82) is 0 Å². The van der Waals surface area contributed by atoms with Crippen LogP contribution in [0.2, 0.25) is 5.02 Å². The number of nitrogens with two attached hydrogens (primary N) is 1. The Morgan fingerprint density at radius 1 is 1.56 bits per heavy atom. The second kappa shape index (κ2) is 5.37. The highest BCUT2D eigenvalue weighted by atomic mass is 35.5. The minimum atomic E-state index is 0.224. The summed E-state index contributed by atoms with van der Waals surface area (Å²) in [6.45, 7) is 0.393. The molecule has 6 heteroatoms. The second-order valence-corrected chi connectivity index (χ2v) is 4.64. The smallest absolute Gasteiger partial charge is 0.131 e. The quantitative estimate of drug-likeness (QED) is 0.874. The summed E-state index contributed by atoms with van der Waals surface area (Å²) in [7, 11) is 1.85. The van der Waals surface area contributed by atoms with E-state index in [4.69, 9.17) is 34.3 Å². The molecular formula is C12H12ClN3OS. The van der Waals surface area contributed by atoms with E-state index in [1.165, 1.54) is 0 Å². The first-order valence-electron chi connectivity index (χ1n) is 5.26. The summed E-state index contributed by atoms with van der Waals surface area (Å²) in [5.41, 5.74) is 7.17. The molecule has 4 nitrogen and oxygen atoms in total. The van der Waals surface area contributed by atoms with E-state index in [-0.39, 0.29) is 4.99 Å². The Hall–Kier alpha value is -1.59. The highest BCUT2D eigenvalue weighted by Crippen LogP contribution is 2.26. The van der Waals surface area contributed by atoms with Crippen LogP contribution in [0.3, 0.4) is 0 Å². The van der Waals surface area contributed by atoms with Gasteiger partial charge in [-0.2, -0.15) is 5.10 Å². The van der Waals surface area contributed by atoms with Gasteiger partial charge in [0.15, 0.2) is 0 Å². The van der Waals surface area contributed by atoms with Gasteiger partial charge in [-0.15, -0.1) is 0 Å². The number of ether oxygens (including phenoxy) is 1. The lowest BCUT2D eigenvalue weighted by Crippen LogP contribution is -2.12. The summed E-state index contributed by atoms with van der Waals surface area (Å²) in [6.07, 6.45) is 3.62. The first-order valence-corrected chi connectivity index (χ1v) is 6.05. The molecule has 1 heterocycles. The van der Waals surface area contributed by atoms with Crippen LogP contribution in [0, 0.1) is 0 Å². The normalized spacial score (nSPS) is 10.3. The van der Waals surface area contributed by atoms with E-state index in [1.807, 2.05) is 13.2 Å². The van der Waals surface area contributed by atoms with Gasteiger partial charge in [0.2, 0.25) is 0 Å². The highest BCUT2D eigenvalue weighted by Gasteiger charge is 2.11. The summed E-state index contributed by atoms with van der Waals surface area (Å²) < 4.78 is 7.39. The van der Waals surface area contributed by atoms with E-state index < -0.39 is 0 Å². The first-order chi connectivity index (χ1) is 8.58. The molecule has 1 aromatic heterocycles. The van der Waals surface area contributed by atoms with E-state index in [9.17, 15) is 0 Å². The summed E-state index contributed by atoms with van der Waals surface area (Å²) in [4.78, 5) is 0.224. The van der Waals surface area contributed by atoms with Crippen LogP contribution in [0.5, 0.6) is 5.75 Å². The summed E-state index contributed by atoms with van der Waals surface area (Å²) in [5, 5.41) is 4.56. The van der Waals surface area contributed by atoms with Crippen LogP contribution in [0.1, 0.15) is 11.1 Å². The minimum absolute atomic E-state index is 0.224. The molecule has 1 aromatic carbocycles. The molecule has 0 amide bonds. The predicted molar refractivity (Wildman–Crippen MR) is 74.9 cm³/mol. The van der Waals surface area contributed by atoms with Crippen LogP contribution < -0.4 is 10.5 Å². The van der Waals surface area contributed by atoms with Crippen molar-refractivity contribution in [2.24, 2.45) is 12.8 Å². The predicted octanol–water partition coefficient (Wildman–Crippen LogP) is 2.29. The molecule has 0 fully saturated rings. The fraction of sp³-hybridized carbons (Fsp3) is 0.167. The van der Waals surface area contributed by atoms with Gasteiger partial charge >= 0.3 is 0 Å². The molecule has 0 aliphatic rings. The average Bonchev–Trinajstić information content (AvgIpc) is 2.72. The van der Waals surface area contributed by atoms with Gasteiger partial charge in [-0.1, -0.05) is 29.9 Å². The monoisotopic (exact) mass is 281 g/mol. The van der Waals surface area contributed by atoms with Gasteiger partial charge in [-0.25, -0.2) is 0 Å². The summed E-state index contributed by atoms with van der Waals surface area (Å²) >= 11 is 11.0. The van der Waals surface area contributed by atoms with E-state index in [0.29, 0.717) is 22.9 Å². The maximum Gasteiger partial charge on any atom is 0.131 e. The largest absolute Gasteiger partial charge is 0.488 e. The summed E-state index contributed by atoms with van der Waals surface area (Å²) in [6, 6.07) is 5.31. The van der Waals surface area contributed by atoms with Crippen LogP contribution in [0.4, 0.5) is 0 Å². The maximum atomic E-state index is 6.05. The lowest BCUT2D eigenvalue weighted by Gasteiger charge is -2.11. The van der Waals surface area contributed by atoms with Crippen molar-refractivity contribution in [3.8, 4) is 5.75 Å². The zero-order chi connectivity index (χ0) is 13.1. The van der Waals surface area contributed by atoms with E-state index in [2.05, 4.69) is 5.10 Å². The number of hydrogen-bond donors (Lipinski definition) is 1. The molecule has 0 atom stereocenters. The van der Waals surface area contributed by atoms with Gasteiger partial charge in [0.1, 0.15) is 17.3 Å². The molecule has 2 N–H and O–H groups in total. The number of thiocarbonyl (C=S) groups is 1. The van der Waals surface area contributed by atoms with Crippen LogP contribution in [0.25, 0.3) is 0 Å². The van der Waals surface area contributed by atoms with E-state index >= 15 is 0 Å². The third-order valence-corrected chi connectivity index (χ3v) is 2.89. The van der Waals surface area contributed by atoms with Crippen molar-refractivity contribution in [2.45, 2.75) is 6.61 Å². The molecule has 0 aliphatic carbocycles. The SMILES string of the molecule is Cn1cc(COc2cccc(Cl)c2C(N)=S)cn1. The number of hydrogen-bond acceptors (Lipinski definition) is 3. The van der Waals surface area contributed by atoms with Crippen molar-refractivity contribution >= 4 is 28.8 Å². The second-order valence-electron chi connectivity index (χ2n) is 3.79. The number of aromatic nitrogens is 2. The molecule has 0 unspecified atom stereocenters. The van der Waals surface area contributed by atoms with Gasteiger partial charge in [0.25, 0.3) is 0 Å². The Labute approximate surface area is 115 Å².